The van der Waals surface area contributed by atoms with Gasteiger partial charge in [-0.25, -0.2) is 5.43 Å². The first-order valence-corrected chi connectivity index (χ1v) is 6.04. The number of methoxy groups -OCH3 is 1. The van der Waals surface area contributed by atoms with E-state index in [1.165, 1.54) is 19.2 Å². The molecule has 1 heterocycles. The van der Waals surface area contributed by atoms with Crippen LogP contribution in [-0.4, -0.2) is 28.9 Å². The van der Waals surface area contributed by atoms with Gasteiger partial charge < -0.3 is 15.6 Å². The number of para-hydroxylation sites is 1. The number of hydrogen-bond acceptors (Lipinski definition) is 5. The molecule has 7 nitrogen and oxygen atoms in total. The van der Waals surface area contributed by atoms with Crippen molar-refractivity contribution in [3.8, 4) is 11.5 Å². The number of aromatic nitrogens is 1. The van der Waals surface area contributed by atoms with E-state index >= 15 is 0 Å². The molecule has 0 fully saturated rings. The molecule has 1 aromatic carbocycles. The lowest BCUT2D eigenvalue weighted by Gasteiger charge is -2.07. The number of carbonyl (C=O) groups excluding carboxylic acids is 1. The summed E-state index contributed by atoms with van der Waals surface area (Å²) in [5.74, 6) is -0.606. The van der Waals surface area contributed by atoms with E-state index in [0.717, 1.165) is 0 Å². The second-order valence-corrected chi connectivity index (χ2v) is 4.01. The van der Waals surface area contributed by atoms with Gasteiger partial charge in [0.25, 0.3) is 5.91 Å². The predicted octanol–water partition coefficient (Wildman–Crippen LogP) is 0.846. The molecule has 0 atom stereocenters. The quantitative estimate of drug-likeness (QED) is 0.438. The van der Waals surface area contributed by atoms with Gasteiger partial charge in [0, 0.05) is 6.20 Å². The number of pyridine rings is 1. The van der Waals surface area contributed by atoms with Crippen molar-refractivity contribution in [3.05, 3.63) is 53.9 Å². The molecule has 108 valence electrons. The Morgan fingerprint density at radius 2 is 2.14 bits per heavy atom. The summed E-state index contributed by atoms with van der Waals surface area (Å²) in [6.07, 6.45) is 1.56. The molecule has 21 heavy (non-hydrogen) atoms. The van der Waals surface area contributed by atoms with Crippen LogP contribution < -0.4 is 15.9 Å². The molecule has 0 saturated carbocycles. The molecule has 0 saturated heterocycles. The largest absolute Gasteiger partial charge is 0.504 e. The predicted molar refractivity (Wildman–Crippen MR) is 77.1 cm³/mol. The maximum absolute atomic E-state index is 12.0. The zero-order valence-electron chi connectivity index (χ0n) is 11.3. The molecule has 0 aliphatic rings. The highest BCUT2D eigenvalue weighted by Gasteiger charge is 2.14. The number of amidine groups is 1. The van der Waals surface area contributed by atoms with E-state index in [1.54, 1.807) is 30.5 Å². The average Bonchev–Trinajstić information content (AvgIpc) is 2.53. The molecule has 7 heteroatoms. The van der Waals surface area contributed by atoms with E-state index in [1.807, 2.05) is 0 Å². The van der Waals surface area contributed by atoms with Crippen molar-refractivity contribution in [3.63, 3.8) is 0 Å². The summed E-state index contributed by atoms with van der Waals surface area (Å²) < 4.78 is 4.93. The van der Waals surface area contributed by atoms with Gasteiger partial charge in [0.15, 0.2) is 17.3 Å². The molecule has 0 bridgehead atoms. The Morgan fingerprint density at radius 1 is 1.33 bits per heavy atom. The molecule has 0 radical (unpaired) electrons. The number of phenols is 1. The number of aromatic hydroxyl groups is 1. The topological polar surface area (TPSA) is 110 Å². The Balaban J connectivity index is 2.16. The first-order valence-electron chi connectivity index (χ1n) is 6.04. The highest BCUT2D eigenvalue weighted by atomic mass is 16.5. The SMILES string of the molecule is COc1cccc(C(=O)N/N=C(\N)c2ccccn2)c1O. The molecule has 0 spiro atoms. The molecule has 0 aliphatic carbocycles. The van der Waals surface area contributed by atoms with Gasteiger partial charge in [-0.1, -0.05) is 12.1 Å². The summed E-state index contributed by atoms with van der Waals surface area (Å²) in [5, 5.41) is 13.6. The first kappa shape index (κ1) is 14.3. The van der Waals surface area contributed by atoms with Gasteiger partial charge in [0.05, 0.1) is 12.7 Å². The number of nitrogens with two attached hydrogens (primary N) is 1. The fourth-order valence-electron chi connectivity index (χ4n) is 1.61. The summed E-state index contributed by atoms with van der Waals surface area (Å²) in [7, 11) is 1.40. The van der Waals surface area contributed by atoms with E-state index in [-0.39, 0.29) is 22.9 Å². The third-order valence-electron chi connectivity index (χ3n) is 2.67. The van der Waals surface area contributed by atoms with Gasteiger partial charge in [-0.3, -0.25) is 9.78 Å². The highest BCUT2D eigenvalue weighted by molar-refractivity contribution is 6.00. The number of nitrogens with one attached hydrogen (secondary N) is 1. The molecule has 0 unspecified atom stereocenters. The van der Waals surface area contributed by atoms with Gasteiger partial charge in [-0.05, 0) is 24.3 Å². The van der Waals surface area contributed by atoms with Crippen LogP contribution in [-0.2, 0) is 0 Å². The Hall–Kier alpha value is -3.09. The highest BCUT2D eigenvalue weighted by Crippen LogP contribution is 2.29. The number of benzene rings is 1. The number of amides is 1. The second-order valence-electron chi connectivity index (χ2n) is 4.01. The van der Waals surface area contributed by atoms with Crippen molar-refractivity contribution >= 4 is 11.7 Å². The molecule has 4 N–H and O–H groups in total. The third-order valence-corrected chi connectivity index (χ3v) is 2.67. The number of carbonyl (C=O) groups is 1. The summed E-state index contributed by atoms with van der Waals surface area (Å²) in [5.41, 5.74) is 8.43. The monoisotopic (exact) mass is 286 g/mol. The van der Waals surface area contributed by atoms with Gasteiger partial charge in [-0.2, -0.15) is 5.10 Å². The first-order chi connectivity index (χ1) is 10.1. The van der Waals surface area contributed by atoms with Crippen LogP contribution in [0.25, 0.3) is 0 Å². The lowest BCUT2D eigenvalue weighted by atomic mass is 10.2. The number of nitrogens with zero attached hydrogens (tertiary/aromatic N) is 2. The summed E-state index contributed by atoms with van der Waals surface area (Å²) in [4.78, 5) is 16.0. The van der Waals surface area contributed by atoms with Gasteiger partial charge in [0.1, 0.15) is 5.69 Å². The third kappa shape index (κ3) is 3.27. The number of hydrogen-bond donors (Lipinski definition) is 3. The van der Waals surface area contributed by atoms with Crippen LogP contribution in [0.15, 0.2) is 47.7 Å². The molecule has 0 aliphatic heterocycles. The van der Waals surface area contributed by atoms with Crippen molar-refractivity contribution in [2.24, 2.45) is 10.8 Å². The standard InChI is InChI=1S/C14H14N4O3/c1-21-11-7-4-5-9(12(11)19)14(20)18-17-13(15)10-6-2-3-8-16-10/h2-8,19H,1H3,(H2,15,17)(H,18,20). The number of ether oxygens (including phenoxy) is 1. The fraction of sp³-hybridized carbons (Fsp3) is 0.0714. The molecule has 1 aromatic heterocycles. The van der Waals surface area contributed by atoms with E-state index in [4.69, 9.17) is 10.5 Å². The van der Waals surface area contributed by atoms with Crippen LogP contribution in [0.5, 0.6) is 11.5 Å². The lowest BCUT2D eigenvalue weighted by Crippen LogP contribution is -2.24. The number of phenolic OH excluding ortho intramolecular Hbond substituents is 1. The molecular weight excluding hydrogens is 272 g/mol. The minimum atomic E-state index is -0.606. The Kier molecular flexibility index (Phi) is 4.35. The minimum Gasteiger partial charge on any atom is -0.504 e. The molecule has 2 rings (SSSR count). The van der Waals surface area contributed by atoms with Crippen molar-refractivity contribution in [1.82, 2.24) is 10.4 Å². The van der Waals surface area contributed by atoms with Crippen LogP contribution in [0, 0.1) is 0 Å². The Morgan fingerprint density at radius 3 is 2.81 bits per heavy atom. The van der Waals surface area contributed by atoms with Gasteiger partial charge in [-0.15, -0.1) is 0 Å². The molecular formula is C14H14N4O3. The Labute approximate surface area is 121 Å². The van der Waals surface area contributed by atoms with E-state index in [2.05, 4.69) is 15.5 Å². The van der Waals surface area contributed by atoms with E-state index in [9.17, 15) is 9.90 Å². The maximum Gasteiger partial charge on any atom is 0.275 e. The maximum atomic E-state index is 12.0. The van der Waals surface area contributed by atoms with Crippen LogP contribution in [0.3, 0.4) is 0 Å². The van der Waals surface area contributed by atoms with Crippen LogP contribution in [0.1, 0.15) is 16.1 Å². The Bertz CT molecular complexity index is 671. The summed E-state index contributed by atoms with van der Waals surface area (Å²) >= 11 is 0. The van der Waals surface area contributed by atoms with Crippen molar-refractivity contribution in [1.29, 1.82) is 0 Å². The van der Waals surface area contributed by atoms with Crippen molar-refractivity contribution < 1.29 is 14.6 Å². The molecule has 2 aromatic rings. The van der Waals surface area contributed by atoms with Crippen LogP contribution in [0.2, 0.25) is 0 Å². The van der Waals surface area contributed by atoms with Crippen molar-refractivity contribution in [2.75, 3.05) is 7.11 Å². The normalized spacial score (nSPS) is 11.0. The zero-order valence-corrected chi connectivity index (χ0v) is 11.3. The zero-order chi connectivity index (χ0) is 15.2. The van der Waals surface area contributed by atoms with Crippen LogP contribution in [0.4, 0.5) is 0 Å². The minimum absolute atomic E-state index is 0.0342. The smallest absolute Gasteiger partial charge is 0.275 e. The van der Waals surface area contributed by atoms with Crippen molar-refractivity contribution in [2.45, 2.75) is 0 Å². The number of hydrazone groups is 1. The molecule has 1 amide bonds. The fourth-order valence-corrected chi connectivity index (χ4v) is 1.61. The average molecular weight is 286 g/mol. The second kappa shape index (κ2) is 6.38. The van der Waals surface area contributed by atoms with Gasteiger partial charge in [0.2, 0.25) is 0 Å². The van der Waals surface area contributed by atoms with E-state index in [0.29, 0.717) is 5.69 Å². The summed E-state index contributed by atoms with van der Waals surface area (Å²) in [6.45, 7) is 0. The van der Waals surface area contributed by atoms with Crippen LogP contribution >= 0.6 is 0 Å². The van der Waals surface area contributed by atoms with Gasteiger partial charge >= 0.3 is 0 Å². The summed E-state index contributed by atoms with van der Waals surface area (Å²) in [6, 6.07) is 9.72. The van der Waals surface area contributed by atoms with E-state index < -0.39 is 5.91 Å². The lowest BCUT2D eigenvalue weighted by molar-refractivity contribution is 0.0951. The number of rotatable bonds is 4.